The maximum Gasteiger partial charge on any atom is 0.416 e. The molecule has 0 bridgehead atoms. The molecule has 1 amide bonds. The van der Waals surface area contributed by atoms with E-state index in [2.05, 4.69) is 9.82 Å². The maximum atomic E-state index is 13.3. The zero-order valence-corrected chi connectivity index (χ0v) is 17.8. The van der Waals surface area contributed by atoms with Gasteiger partial charge in [0.25, 0.3) is 0 Å². The van der Waals surface area contributed by atoms with Crippen LogP contribution in [0.1, 0.15) is 11.1 Å². The van der Waals surface area contributed by atoms with Crippen molar-refractivity contribution in [1.29, 1.82) is 0 Å². The highest BCUT2D eigenvalue weighted by Gasteiger charge is 2.42. The monoisotopic (exact) mass is 459 g/mol. The van der Waals surface area contributed by atoms with E-state index in [1.54, 1.807) is 17.2 Å². The van der Waals surface area contributed by atoms with Crippen molar-refractivity contribution in [3.8, 4) is 0 Å². The molecule has 1 aromatic heterocycles. The molecule has 4 rings (SSSR count). The van der Waals surface area contributed by atoms with Crippen LogP contribution >= 0.6 is 23.5 Å². The van der Waals surface area contributed by atoms with Crippen LogP contribution < -0.4 is 4.72 Å². The Kier molecular flexibility index (Phi) is 5.91. The van der Waals surface area contributed by atoms with Gasteiger partial charge in [-0.05, 0) is 35.6 Å². The summed E-state index contributed by atoms with van der Waals surface area (Å²) in [5.41, 5.74) is -0.456. The number of amides is 1. The summed E-state index contributed by atoms with van der Waals surface area (Å²) in [5.74, 6) is 1.09. The van der Waals surface area contributed by atoms with Crippen molar-refractivity contribution in [2.45, 2.75) is 12.7 Å². The van der Waals surface area contributed by atoms with Crippen LogP contribution in [0.25, 0.3) is 0 Å². The van der Waals surface area contributed by atoms with Gasteiger partial charge >= 0.3 is 12.2 Å². The number of fused-ring (bicyclic) bond motifs is 1. The van der Waals surface area contributed by atoms with Gasteiger partial charge in [0.05, 0.1) is 5.56 Å². The molecule has 0 radical (unpaired) electrons. The number of nitrogens with one attached hydrogen (secondary N) is 1. The van der Waals surface area contributed by atoms with Crippen molar-refractivity contribution in [3.05, 3.63) is 46.6 Å². The summed E-state index contributed by atoms with van der Waals surface area (Å²) in [6, 6.07) is 5.26. The standard InChI is InChI=1S/C19H21ClF3N5OS/c1-30-25-17-4-5-28(24-17)18(29)27-10-13-8-26(9-14(13)11-27)7-12-6-15(20)2-3-16(12)19(21,22)23/h2-6,13-14H,7-11H2,1H3,(H,24,25). The van der Waals surface area contributed by atoms with E-state index in [9.17, 15) is 18.0 Å². The Balaban J connectivity index is 1.38. The zero-order chi connectivity index (χ0) is 21.5. The molecule has 2 saturated heterocycles. The number of anilines is 1. The van der Waals surface area contributed by atoms with Gasteiger partial charge in [-0.3, -0.25) is 4.90 Å². The average molecular weight is 460 g/mol. The van der Waals surface area contributed by atoms with E-state index in [1.165, 1.54) is 28.8 Å². The molecule has 2 aliphatic rings. The molecule has 0 saturated carbocycles. The average Bonchev–Trinajstić information content (AvgIpc) is 3.35. The third-order valence-corrected chi connectivity index (χ3v) is 6.24. The van der Waals surface area contributed by atoms with Gasteiger partial charge < -0.3 is 9.62 Å². The number of alkyl halides is 3. The van der Waals surface area contributed by atoms with Crippen molar-refractivity contribution in [2.75, 3.05) is 37.2 Å². The van der Waals surface area contributed by atoms with Gasteiger partial charge in [-0.15, -0.1) is 5.10 Å². The number of rotatable bonds is 4. The summed E-state index contributed by atoms with van der Waals surface area (Å²) in [6.45, 7) is 2.64. The van der Waals surface area contributed by atoms with Crippen LogP contribution in [0.5, 0.6) is 0 Å². The fraction of sp³-hybridized carbons (Fsp3) is 0.474. The predicted molar refractivity (Wildman–Crippen MR) is 110 cm³/mol. The van der Waals surface area contributed by atoms with Crippen molar-refractivity contribution < 1.29 is 18.0 Å². The molecule has 162 valence electrons. The van der Waals surface area contributed by atoms with Gasteiger partial charge in [-0.1, -0.05) is 23.5 Å². The van der Waals surface area contributed by atoms with Gasteiger partial charge in [0.1, 0.15) is 0 Å². The molecular weight excluding hydrogens is 439 g/mol. The van der Waals surface area contributed by atoms with E-state index < -0.39 is 11.7 Å². The van der Waals surface area contributed by atoms with Crippen LogP contribution in [0.4, 0.5) is 23.8 Å². The number of halogens is 4. The molecule has 11 heteroatoms. The van der Waals surface area contributed by atoms with Crippen LogP contribution in [-0.4, -0.2) is 58.0 Å². The molecule has 2 atom stereocenters. The number of aromatic nitrogens is 2. The number of benzene rings is 1. The van der Waals surface area contributed by atoms with Crippen molar-refractivity contribution in [3.63, 3.8) is 0 Å². The van der Waals surface area contributed by atoms with Crippen LogP contribution in [0, 0.1) is 11.8 Å². The van der Waals surface area contributed by atoms with E-state index >= 15 is 0 Å². The largest absolute Gasteiger partial charge is 0.416 e. The molecule has 6 nitrogen and oxygen atoms in total. The van der Waals surface area contributed by atoms with Crippen LogP contribution in [0.3, 0.4) is 0 Å². The summed E-state index contributed by atoms with van der Waals surface area (Å²) < 4.78 is 44.2. The lowest BCUT2D eigenvalue weighted by Gasteiger charge is -2.23. The highest BCUT2D eigenvalue weighted by Crippen LogP contribution is 2.36. The Morgan fingerprint density at radius 2 is 1.93 bits per heavy atom. The van der Waals surface area contributed by atoms with Crippen LogP contribution in [0.2, 0.25) is 5.02 Å². The molecule has 2 aromatic rings. The molecule has 1 N–H and O–H groups in total. The molecule has 1 aromatic carbocycles. The number of hydrogen-bond acceptors (Lipinski definition) is 5. The Morgan fingerprint density at radius 1 is 1.23 bits per heavy atom. The highest BCUT2D eigenvalue weighted by molar-refractivity contribution is 7.99. The second-order valence-electron chi connectivity index (χ2n) is 7.65. The molecule has 2 aliphatic heterocycles. The Hall–Kier alpha value is -1.91. The van der Waals surface area contributed by atoms with Crippen molar-refractivity contribution in [2.24, 2.45) is 11.8 Å². The predicted octanol–water partition coefficient (Wildman–Crippen LogP) is 4.28. The Bertz CT molecular complexity index is 923. The quantitative estimate of drug-likeness (QED) is 0.692. The number of nitrogens with zero attached hydrogens (tertiary/aromatic N) is 4. The Morgan fingerprint density at radius 3 is 2.57 bits per heavy atom. The van der Waals surface area contributed by atoms with Gasteiger partial charge in [-0.2, -0.15) is 17.9 Å². The van der Waals surface area contributed by atoms with Gasteiger partial charge in [-0.25, -0.2) is 4.79 Å². The smallest absolute Gasteiger partial charge is 0.322 e. The first kappa shape index (κ1) is 21.3. The summed E-state index contributed by atoms with van der Waals surface area (Å²) >= 11 is 7.33. The number of carbonyl (C=O) groups is 1. The third-order valence-electron chi connectivity index (χ3n) is 5.59. The topological polar surface area (TPSA) is 53.4 Å². The lowest BCUT2D eigenvalue weighted by molar-refractivity contribution is -0.138. The molecule has 30 heavy (non-hydrogen) atoms. The fourth-order valence-electron chi connectivity index (χ4n) is 4.32. The first-order valence-electron chi connectivity index (χ1n) is 9.46. The van der Waals surface area contributed by atoms with Crippen LogP contribution in [-0.2, 0) is 12.7 Å². The van der Waals surface area contributed by atoms with E-state index in [4.69, 9.17) is 11.6 Å². The van der Waals surface area contributed by atoms with Gasteiger partial charge in [0.2, 0.25) is 0 Å². The molecule has 0 aliphatic carbocycles. The first-order chi connectivity index (χ1) is 14.2. The Labute approximate surface area is 181 Å². The number of hydrogen-bond donors (Lipinski definition) is 1. The summed E-state index contributed by atoms with van der Waals surface area (Å²) in [6.07, 6.45) is -0.916. The van der Waals surface area contributed by atoms with E-state index in [-0.39, 0.29) is 30.0 Å². The van der Waals surface area contributed by atoms with Crippen molar-refractivity contribution >= 4 is 35.4 Å². The summed E-state index contributed by atoms with van der Waals surface area (Å²) in [4.78, 5) is 16.5. The molecule has 3 heterocycles. The lowest BCUT2D eigenvalue weighted by Crippen LogP contribution is -2.36. The summed E-state index contributed by atoms with van der Waals surface area (Å²) in [5, 5.41) is 4.51. The highest BCUT2D eigenvalue weighted by atomic mass is 35.5. The zero-order valence-electron chi connectivity index (χ0n) is 16.2. The number of likely N-dealkylation sites (tertiary alicyclic amines) is 2. The molecule has 0 spiro atoms. The van der Waals surface area contributed by atoms with Gasteiger partial charge in [0, 0.05) is 56.3 Å². The molecule has 2 fully saturated rings. The number of carbonyl (C=O) groups excluding carboxylic acids is 1. The minimum absolute atomic E-state index is 0.181. The minimum atomic E-state index is -4.41. The van der Waals surface area contributed by atoms with Gasteiger partial charge in [0.15, 0.2) is 5.82 Å². The van der Waals surface area contributed by atoms with Crippen molar-refractivity contribution in [1.82, 2.24) is 19.6 Å². The second-order valence-corrected chi connectivity index (χ2v) is 8.70. The third kappa shape index (κ3) is 4.40. The second kappa shape index (κ2) is 8.32. The van der Waals surface area contributed by atoms with E-state index in [0.717, 1.165) is 6.07 Å². The molecular formula is C19H21ClF3N5OS. The SMILES string of the molecule is CSNc1ccn(C(=O)N2CC3CN(Cc4cc(Cl)ccc4C(F)(F)F)CC3C2)n1. The van der Waals surface area contributed by atoms with E-state index in [0.29, 0.717) is 37.0 Å². The lowest BCUT2D eigenvalue weighted by atomic mass is 10.0. The van der Waals surface area contributed by atoms with Crippen LogP contribution in [0.15, 0.2) is 30.5 Å². The fourth-order valence-corrected chi connectivity index (χ4v) is 4.83. The van der Waals surface area contributed by atoms with E-state index in [1.807, 2.05) is 11.2 Å². The normalized spacial score (nSPS) is 21.8. The minimum Gasteiger partial charge on any atom is -0.322 e. The maximum absolute atomic E-state index is 13.3. The summed E-state index contributed by atoms with van der Waals surface area (Å²) in [7, 11) is 0. The molecule has 2 unspecified atom stereocenters. The first-order valence-corrected chi connectivity index (χ1v) is 11.1.